The van der Waals surface area contributed by atoms with Gasteiger partial charge in [-0.25, -0.2) is 0 Å². The standard InChI is InChI=1S/C9H11Cl/c10-9-6-5-7-3-1-2-4-8(7)9/h5-6,9H,1-4H2. The third kappa shape index (κ3) is 0.911. The summed E-state index contributed by atoms with van der Waals surface area (Å²) in [6.07, 6.45) is 9.49. The Balaban J connectivity index is 2.27. The smallest absolute Gasteiger partial charge is 0.0735 e. The fourth-order valence-electron chi connectivity index (χ4n) is 1.77. The van der Waals surface area contributed by atoms with E-state index in [0.29, 0.717) is 0 Å². The highest BCUT2D eigenvalue weighted by Gasteiger charge is 2.20. The molecule has 0 saturated heterocycles. The molecule has 1 unspecified atom stereocenters. The predicted octanol–water partition coefficient (Wildman–Crippen LogP) is 3.03. The molecule has 0 aromatic carbocycles. The van der Waals surface area contributed by atoms with Gasteiger partial charge in [-0.2, -0.15) is 0 Å². The lowest BCUT2D eigenvalue weighted by Crippen LogP contribution is -2.01. The average molecular weight is 155 g/mol. The Labute approximate surface area is 66.6 Å². The summed E-state index contributed by atoms with van der Waals surface area (Å²) in [5.74, 6) is 0. The first kappa shape index (κ1) is 6.48. The molecule has 0 spiro atoms. The van der Waals surface area contributed by atoms with E-state index in [1.807, 2.05) is 0 Å². The highest BCUT2D eigenvalue weighted by molar-refractivity contribution is 6.24. The molecule has 0 N–H and O–H groups in total. The van der Waals surface area contributed by atoms with E-state index in [1.54, 1.807) is 0 Å². The highest BCUT2D eigenvalue weighted by Crippen LogP contribution is 2.34. The van der Waals surface area contributed by atoms with Gasteiger partial charge >= 0.3 is 0 Å². The first-order chi connectivity index (χ1) is 4.88. The molecule has 0 aromatic rings. The van der Waals surface area contributed by atoms with Crippen molar-refractivity contribution in [1.29, 1.82) is 0 Å². The largest absolute Gasteiger partial charge is 0.114 e. The molecule has 54 valence electrons. The van der Waals surface area contributed by atoms with E-state index in [-0.39, 0.29) is 5.38 Å². The minimum Gasteiger partial charge on any atom is -0.114 e. The second kappa shape index (κ2) is 2.43. The van der Waals surface area contributed by atoms with Crippen LogP contribution in [0.5, 0.6) is 0 Å². The van der Waals surface area contributed by atoms with E-state index < -0.39 is 0 Å². The molecule has 2 rings (SSSR count). The number of halogens is 1. The Morgan fingerprint density at radius 1 is 1.30 bits per heavy atom. The van der Waals surface area contributed by atoms with Crippen molar-refractivity contribution in [3.05, 3.63) is 23.3 Å². The quantitative estimate of drug-likeness (QED) is 0.471. The van der Waals surface area contributed by atoms with Gasteiger partial charge in [-0.3, -0.25) is 0 Å². The molecule has 0 bridgehead atoms. The maximum atomic E-state index is 6.04. The van der Waals surface area contributed by atoms with Crippen LogP contribution in [0.1, 0.15) is 25.7 Å². The molecule has 0 nitrogen and oxygen atoms in total. The molecule has 2 aliphatic carbocycles. The van der Waals surface area contributed by atoms with Gasteiger partial charge in [0.25, 0.3) is 0 Å². The van der Waals surface area contributed by atoms with Gasteiger partial charge in [-0.1, -0.05) is 12.2 Å². The summed E-state index contributed by atoms with van der Waals surface area (Å²) in [7, 11) is 0. The Hall–Kier alpha value is -0.230. The van der Waals surface area contributed by atoms with Gasteiger partial charge in [0.05, 0.1) is 5.38 Å². The molecule has 1 heteroatoms. The molecular weight excluding hydrogens is 144 g/mol. The topological polar surface area (TPSA) is 0 Å². The number of hydrogen-bond acceptors (Lipinski definition) is 0. The molecule has 0 heterocycles. The normalized spacial score (nSPS) is 31.1. The summed E-state index contributed by atoms with van der Waals surface area (Å²) in [5.41, 5.74) is 3.01. The van der Waals surface area contributed by atoms with E-state index >= 15 is 0 Å². The highest BCUT2D eigenvalue weighted by atomic mass is 35.5. The summed E-state index contributed by atoms with van der Waals surface area (Å²) in [6.45, 7) is 0. The van der Waals surface area contributed by atoms with E-state index in [9.17, 15) is 0 Å². The number of allylic oxidation sites excluding steroid dienone is 4. The molecule has 0 aliphatic heterocycles. The van der Waals surface area contributed by atoms with Crippen molar-refractivity contribution in [2.24, 2.45) is 0 Å². The number of alkyl halides is 1. The molecule has 1 atom stereocenters. The lowest BCUT2D eigenvalue weighted by Gasteiger charge is -2.15. The fraction of sp³-hybridized carbons (Fsp3) is 0.556. The Morgan fingerprint density at radius 2 is 2.10 bits per heavy atom. The second-order valence-corrected chi connectivity index (χ2v) is 3.49. The van der Waals surface area contributed by atoms with E-state index in [1.165, 1.54) is 36.8 Å². The van der Waals surface area contributed by atoms with Crippen molar-refractivity contribution in [2.75, 3.05) is 0 Å². The third-order valence-corrected chi connectivity index (χ3v) is 2.76. The predicted molar refractivity (Wildman–Crippen MR) is 44.3 cm³/mol. The van der Waals surface area contributed by atoms with Crippen LogP contribution in [-0.4, -0.2) is 5.38 Å². The van der Waals surface area contributed by atoms with Crippen LogP contribution in [-0.2, 0) is 0 Å². The molecule has 0 fully saturated rings. The SMILES string of the molecule is ClC1C=CC2=C1CCCC2. The van der Waals surface area contributed by atoms with Crippen molar-refractivity contribution < 1.29 is 0 Å². The average Bonchev–Trinajstić information content (AvgIpc) is 2.34. The van der Waals surface area contributed by atoms with Crippen LogP contribution in [0.25, 0.3) is 0 Å². The van der Waals surface area contributed by atoms with Crippen molar-refractivity contribution in [2.45, 2.75) is 31.1 Å². The summed E-state index contributed by atoms with van der Waals surface area (Å²) < 4.78 is 0. The van der Waals surface area contributed by atoms with Crippen LogP contribution in [0.4, 0.5) is 0 Å². The fourth-order valence-corrected chi connectivity index (χ4v) is 2.10. The van der Waals surface area contributed by atoms with Gasteiger partial charge in [0.1, 0.15) is 0 Å². The molecule has 10 heavy (non-hydrogen) atoms. The Morgan fingerprint density at radius 3 is 2.90 bits per heavy atom. The summed E-state index contributed by atoms with van der Waals surface area (Å²) in [5, 5.41) is 0.232. The summed E-state index contributed by atoms with van der Waals surface area (Å²) in [4.78, 5) is 0. The van der Waals surface area contributed by atoms with Gasteiger partial charge in [0.2, 0.25) is 0 Å². The minimum atomic E-state index is 0.232. The minimum absolute atomic E-state index is 0.232. The Bertz CT molecular complexity index is 201. The lowest BCUT2D eigenvalue weighted by atomic mass is 9.94. The molecule has 0 amide bonds. The zero-order valence-corrected chi connectivity index (χ0v) is 6.69. The number of hydrogen-bond donors (Lipinski definition) is 0. The van der Waals surface area contributed by atoms with Crippen LogP contribution in [0, 0.1) is 0 Å². The maximum Gasteiger partial charge on any atom is 0.0735 e. The second-order valence-electron chi connectivity index (χ2n) is 3.02. The Kier molecular flexibility index (Phi) is 1.57. The van der Waals surface area contributed by atoms with Crippen LogP contribution in [0.3, 0.4) is 0 Å². The van der Waals surface area contributed by atoms with E-state index in [2.05, 4.69) is 12.2 Å². The van der Waals surface area contributed by atoms with Crippen LogP contribution < -0.4 is 0 Å². The van der Waals surface area contributed by atoms with Crippen molar-refractivity contribution in [3.8, 4) is 0 Å². The maximum absolute atomic E-state index is 6.04. The zero-order valence-electron chi connectivity index (χ0n) is 5.94. The molecule has 0 aromatic heterocycles. The van der Waals surface area contributed by atoms with Crippen molar-refractivity contribution >= 4 is 11.6 Å². The van der Waals surface area contributed by atoms with Crippen LogP contribution in [0.2, 0.25) is 0 Å². The lowest BCUT2D eigenvalue weighted by molar-refractivity contribution is 0.682. The molecular formula is C9H11Cl. The molecule has 2 aliphatic rings. The first-order valence-corrected chi connectivity index (χ1v) is 4.36. The first-order valence-electron chi connectivity index (χ1n) is 3.92. The van der Waals surface area contributed by atoms with Gasteiger partial charge < -0.3 is 0 Å². The van der Waals surface area contributed by atoms with Gasteiger partial charge in [0.15, 0.2) is 0 Å². The van der Waals surface area contributed by atoms with Gasteiger partial charge in [0, 0.05) is 0 Å². The van der Waals surface area contributed by atoms with Crippen LogP contribution >= 0.6 is 11.6 Å². The van der Waals surface area contributed by atoms with Crippen molar-refractivity contribution in [1.82, 2.24) is 0 Å². The van der Waals surface area contributed by atoms with Crippen LogP contribution in [0.15, 0.2) is 23.3 Å². The van der Waals surface area contributed by atoms with Crippen molar-refractivity contribution in [3.63, 3.8) is 0 Å². The van der Waals surface area contributed by atoms with Gasteiger partial charge in [-0.15, -0.1) is 11.6 Å². The van der Waals surface area contributed by atoms with E-state index in [4.69, 9.17) is 11.6 Å². The molecule has 0 saturated carbocycles. The summed E-state index contributed by atoms with van der Waals surface area (Å²) >= 11 is 6.04. The zero-order chi connectivity index (χ0) is 6.97. The third-order valence-electron chi connectivity index (χ3n) is 2.35. The summed E-state index contributed by atoms with van der Waals surface area (Å²) in [6, 6.07) is 0. The van der Waals surface area contributed by atoms with Gasteiger partial charge in [-0.05, 0) is 36.8 Å². The monoisotopic (exact) mass is 154 g/mol. The number of rotatable bonds is 0. The van der Waals surface area contributed by atoms with E-state index in [0.717, 1.165) is 0 Å². The molecule has 0 radical (unpaired) electrons.